The molecule has 0 aromatic carbocycles. The van der Waals surface area contributed by atoms with Crippen molar-refractivity contribution in [2.45, 2.75) is 25.3 Å². The molecule has 0 aliphatic carbocycles. The number of hydrogen-bond donors (Lipinski definition) is 1. The molecule has 15 heavy (non-hydrogen) atoms. The van der Waals surface area contributed by atoms with Crippen molar-refractivity contribution >= 4 is 23.1 Å². The van der Waals surface area contributed by atoms with E-state index in [2.05, 4.69) is 4.90 Å². The molecule has 1 unspecified atom stereocenters. The molecule has 2 N–H and O–H groups in total. The highest BCUT2D eigenvalue weighted by atomic mass is 32.1. The van der Waals surface area contributed by atoms with Crippen LogP contribution < -0.4 is 5.73 Å². The topological polar surface area (TPSA) is 49.6 Å². The average molecular weight is 229 g/mol. The number of nitrogens with zero attached hydrogens (tertiary/aromatic N) is 2. The summed E-state index contributed by atoms with van der Waals surface area (Å²) in [5, 5.41) is 0. The number of carbonyl (C=O) groups is 1. The number of amides is 1. The first kappa shape index (κ1) is 12.4. The van der Waals surface area contributed by atoms with Gasteiger partial charge in [-0.2, -0.15) is 0 Å². The van der Waals surface area contributed by atoms with Crippen molar-refractivity contribution in [1.29, 1.82) is 0 Å². The van der Waals surface area contributed by atoms with Gasteiger partial charge >= 0.3 is 0 Å². The van der Waals surface area contributed by atoms with E-state index in [0.29, 0.717) is 11.4 Å². The summed E-state index contributed by atoms with van der Waals surface area (Å²) in [6.45, 7) is 1.77. The van der Waals surface area contributed by atoms with Crippen LogP contribution in [-0.2, 0) is 4.79 Å². The Balaban J connectivity index is 2.38. The van der Waals surface area contributed by atoms with Gasteiger partial charge in [0, 0.05) is 27.1 Å². The van der Waals surface area contributed by atoms with Crippen molar-refractivity contribution in [3.63, 3.8) is 0 Å². The van der Waals surface area contributed by atoms with Gasteiger partial charge < -0.3 is 10.6 Å². The Morgan fingerprint density at radius 2 is 2.27 bits per heavy atom. The maximum atomic E-state index is 11.4. The predicted octanol–water partition coefficient (Wildman–Crippen LogP) is 0.215. The fraction of sp³-hybridized carbons (Fsp3) is 0.800. The van der Waals surface area contributed by atoms with Gasteiger partial charge in [0.25, 0.3) is 0 Å². The molecule has 4 nitrogen and oxygen atoms in total. The summed E-state index contributed by atoms with van der Waals surface area (Å²) < 4.78 is 0. The van der Waals surface area contributed by atoms with Crippen LogP contribution in [0.5, 0.6) is 0 Å². The molecular weight excluding hydrogens is 210 g/mol. The number of rotatable bonds is 4. The smallest absolute Gasteiger partial charge is 0.223 e. The van der Waals surface area contributed by atoms with E-state index in [4.69, 9.17) is 18.0 Å². The van der Waals surface area contributed by atoms with Crippen LogP contribution >= 0.6 is 12.2 Å². The van der Waals surface area contributed by atoms with Gasteiger partial charge in [0.2, 0.25) is 5.91 Å². The number of hydrogen-bond acceptors (Lipinski definition) is 3. The lowest BCUT2D eigenvalue weighted by molar-refractivity contribution is -0.129. The Labute approximate surface area is 96.4 Å². The van der Waals surface area contributed by atoms with E-state index in [1.807, 2.05) is 0 Å². The summed E-state index contributed by atoms with van der Waals surface area (Å²) in [6, 6.07) is 0.204. The van der Waals surface area contributed by atoms with Crippen LogP contribution in [0.2, 0.25) is 0 Å². The Kier molecular flexibility index (Phi) is 4.47. The third-order valence-corrected chi connectivity index (χ3v) is 3.08. The summed E-state index contributed by atoms with van der Waals surface area (Å²) in [6.07, 6.45) is 2.70. The molecule has 1 atom stereocenters. The molecule has 1 aliphatic rings. The number of thiocarbonyl (C=S) groups is 1. The highest BCUT2D eigenvalue weighted by Crippen LogP contribution is 2.17. The van der Waals surface area contributed by atoms with Gasteiger partial charge in [-0.25, -0.2) is 0 Å². The zero-order valence-electron chi connectivity index (χ0n) is 9.40. The Hall–Kier alpha value is -0.680. The normalized spacial score (nSPS) is 21.6. The zero-order chi connectivity index (χ0) is 11.4. The number of likely N-dealkylation sites (tertiary alicyclic amines) is 1. The van der Waals surface area contributed by atoms with Gasteiger partial charge in [0.05, 0.1) is 11.0 Å². The fourth-order valence-corrected chi connectivity index (χ4v) is 2.15. The molecule has 0 aromatic rings. The molecule has 0 saturated carbocycles. The van der Waals surface area contributed by atoms with Crippen molar-refractivity contribution in [2.75, 3.05) is 27.2 Å². The van der Waals surface area contributed by atoms with Crippen molar-refractivity contribution in [2.24, 2.45) is 5.73 Å². The minimum atomic E-state index is 0.156. The number of nitrogens with two attached hydrogens (primary N) is 1. The second kappa shape index (κ2) is 5.42. The molecule has 0 spiro atoms. The second-order valence-corrected chi connectivity index (χ2v) is 4.61. The van der Waals surface area contributed by atoms with Gasteiger partial charge in [0.1, 0.15) is 0 Å². The van der Waals surface area contributed by atoms with Gasteiger partial charge in [-0.3, -0.25) is 9.69 Å². The second-order valence-electron chi connectivity index (χ2n) is 4.13. The molecule has 1 amide bonds. The minimum absolute atomic E-state index is 0.156. The van der Waals surface area contributed by atoms with Gasteiger partial charge in [0.15, 0.2) is 0 Å². The molecule has 5 heteroatoms. The largest absolute Gasteiger partial charge is 0.392 e. The molecule has 86 valence electrons. The van der Waals surface area contributed by atoms with Crippen molar-refractivity contribution in [3.05, 3.63) is 0 Å². The minimum Gasteiger partial charge on any atom is -0.392 e. The fourth-order valence-electron chi connectivity index (χ4n) is 1.88. The van der Waals surface area contributed by atoms with Crippen molar-refractivity contribution in [3.8, 4) is 0 Å². The Morgan fingerprint density at radius 3 is 2.80 bits per heavy atom. The van der Waals surface area contributed by atoms with Crippen LogP contribution in [0.3, 0.4) is 0 Å². The quantitative estimate of drug-likeness (QED) is 0.700. The third-order valence-electron chi connectivity index (χ3n) is 2.80. The van der Waals surface area contributed by atoms with E-state index < -0.39 is 0 Å². The molecular formula is C10H19N3OS. The molecule has 0 aromatic heterocycles. The van der Waals surface area contributed by atoms with E-state index in [1.54, 1.807) is 19.0 Å². The zero-order valence-corrected chi connectivity index (χ0v) is 10.2. The van der Waals surface area contributed by atoms with E-state index >= 15 is 0 Å². The third kappa shape index (κ3) is 3.43. The summed E-state index contributed by atoms with van der Waals surface area (Å²) in [5.74, 6) is 0.156. The molecule has 1 fully saturated rings. The molecule has 1 saturated heterocycles. The molecule has 0 bridgehead atoms. The first-order valence-electron chi connectivity index (χ1n) is 5.26. The Morgan fingerprint density at radius 1 is 1.60 bits per heavy atom. The number of carbonyl (C=O) groups excluding carboxylic acids is 1. The lowest BCUT2D eigenvalue weighted by atomic mass is 10.2. The highest BCUT2D eigenvalue weighted by molar-refractivity contribution is 7.80. The van der Waals surface area contributed by atoms with E-state index in [0.717, 1.165) is 25.9 Å². The van der Waals surface area contributed by atoms with Crippen LogP contribution in [0, 0.1) is 0 Å². The summed E-state index contributed by atoms with van der Waals surface area (Å²) in [4.78, 5) is 15.8. The van der Waals surface area contributed by atoms with Crippen molar-refractivity contribution < 1.29 is 4.79 Å². The van der Waals surface area contributed by atoms with E-state index in [1.165, 1.54) is 0 Å². The van der Waals surface area contributed by atoms with Crippen LogP contribution in [0.4, 0.5) is 0 Å². The van der Waals surface area contributed by atoms with E-state index in [9.17, 15) is 4.79 Å². The summed E-state index contributed by atoms with van der Waals surface area (Å²) in [5.41, 5.74) is 5.65. The first-order valence-corrected chi connectivity index (χ1v) is 5.66. The molecule has 1 rings (SSSR count). The summed E-state index contributed by atoms with van der Waals surface area (Å²) in [7, 11) is 3.55. The lowest BCUT2D eigenvalue weighted by Gasteiger charge is -2.23. The van der Waals surface area contributed by atoms with Crippen LogP contribution in [0.15, 0.2) is 0 Å². The maximum Gasteiger partial charge on any atom is 0.223 e. The van der Waals surface area contributed by atoms with Crippen LogP contribution in [-0.4, -0.2) is 53.9 Å². The lowest BCUT2D eigenvalue weighted by Crippen LogP contribution is -2.40. The highest BCUT2D eigenvalue weighted by Gasteiger charge is 2.26. The van der Waals surface area contributed by atoms with Gasteiger partial charge in [-0.15, -0.1) is 0 Å². The average Bonchev–Trinajstić information content (AvgIpc) is 2.61. The van der Waals surface area contributed by atoms with Crippen LogP contribution in [0.25, 0.3) is 0 Å². The monoisotopic (exact) mass is 229 g/mol. The van der Waals surface area contributed by atoms with Crippen LogP contribution in [0.1, 0.15) is 19.3 Å². The maximum absolute atomic E-state index is 11.4. The van der Waals surface area contributed by atoms with Gasteiger partial charge in [-0.05, 0) is 19.4 Å². The standard InChI is InChI=1S/C10H19N3OS/c1-12(2)9(14)5-7-13-6-3-4-8(13)10(11)15/h8H,3-7H2,1-2H3,(H2,11,15). The molecule has 0 radical (unpaired) electrons. The molecule has 1 aliphatic heterocycles. The predicted molar refractivity (Wildman–Crippen MR) is 64.7 cm³/mol. The first-order chi connectivity index (χ1) is 7.02. The van der Waals surface area contributed by atoms with Gasteiger partial charge in [-0.1, -0.05) is 12.2 Å². The van der Waals surface area contributed by atoms with Crippen molar-refractivity contribution in [1.82, 2.24) is 9.80 Å². The summed E-state index contributed by atoms with van der Waals surface area (Å²) >= 11 is 5.00. The van der Waals surface area contributed by atoms with E-state index in [-0.39, 0.29) is 11.9 Å². The Bertz CT molecular complexity index is 255. The molecule has 1 heterocycles. The SMILES string of the molecule is CN(C)C(=O)CCN1CCCC1C(N)=S.